The Morgan fingerprint density at radius 3 is 2.54 bits per heavy atom. The number of allylic oxidation sites excluding steroid dienone is 2. The van der Waals surface area contributed by atoms with Crippen molar-refractivity contribution in [3.63, 3.8) is 0 Å². The van der Waals surface area contributed by atoms with E-state index in [9.17, 15) is 9.59 Å². The molecule has 2 aromatic rings. The second kappa shape index (κ2) is 7.61. The van der Waals surface area contributed by atoms with Crippen molar-refractivity contribution >= 4 is 34.9 Å². The maximum atomic E-state index is 13.1. The van der Waals surface area contributed by atoms with Crippen LogP contribution in [0.5, 0.6) is 5.75 Å². The third-order valence-corrected chi connectivity index (χ3v) is 6.20. The lowest BCUT2D eigenvalue weighted by atomic mass is 9.73. The van der Waals surface area contributed by atoms with E-state index in [1.54, 1.807) is 19.2 Å². The summed E-state index contributed by atoms with van der Waals surface area (Å²) in [4.78, 5) is 25.6. The highest BCUT2D eigenvalue weighted by molar-refractivity contribution is 6.42. The second-order valence-electron chi connectivity index (χ2n) is 7.14. The van der Waals surface area contributed by atoms with Crippen molar-refractivity contribution in [3.8, 4) is 5.75 Å². The minimum absolute atomic E-state index is 0.0438. The summed E-state index contributed by atoms with van der Waals surface area (Å²) in [6, 6.07) is 13.0. The van der Waals surface area contributed by atoms with E-state index in [0.29, 0.717) is 39.9 Å². The molecule has 6 heteroatoms. The van der Waals surface area contributed by atoms with E-state index in [1.807, 2.05) is 30.3 Å². The summed E-state index contributed by atoms with van der Waals surface area (Å²) in [6.45, 7) is 0. The van der Waals surface area contributed by atoms with Crippen LogP contribution in [0.4, 0.5) is 0 Å². The Hall–Kier alpha value is -2.30. The first-order chi connectivity index (χ1) is 13.5. The molecule has 2 aromatic carbocycles. The second-order valence-corrected chi connectivity index (χ2v) is 7.96. The molecule has 1 amide bonds. The third-order valence-electron chi connectivity index (χ3n) is 5.47. The largest absolute Gasteiger partial charge is 0.496 e. The highest BCUT2D eigenvalue weighted by Crippen LogP contribution is 2.45. The van der Waals surface area contributed by atoms with E-state index >= 15 is 0 Å². The number of hydrogen-bond donors (Lipinski definition) is 1. The van der Waals surface area contributed by atoms with Gasteiger partial charge in [0.15, 0.2) is 5.78 Å². The number of Topliss-reactive ketones (excluding diaryl/α,β-unsaturated/α-hetero) is 1. The van der Waals surface area contributed by atoms with Crippen LogP contribution in [0.2, 0.25) is 10.0 Å². The highest BCUT2D eigenvalue weighted by Gasteiger charge is 2.39. The van der Waals surface area contributed by atoms with Gasteiger partial charge in [-0.05, 0) is 36.1 Å². The number of carbonyl (C=O) groups excluding carboxylic acids is 2. The van der Waals surface area contributed by atoms with Gasteiger partial charge < -0.3 is 10.1 Å². The molecule has 0 saturated heterocycles. The molecule has 0 bridgehead atoms. The highest BCUT2D eigenvalue weighted by atomic mass is 35.5. The normalized spacial score (nSPS) is 22.0. The van der Waals surface area contributed by atoms with Crippen LogP contribution < -0.4 is 10.1 Å². The van der Waals surface area contributed by atoms with Gasteiger partial charge in [0, 0.05) is 35.6 Å². The summed E-state index contributed by atoms with van der Waals surface area (Å²) in [6.07, 6.45) is 1.19. The van der Waals surface area contributed by atoms with E-state index in [2.05, 4.69) is 5.32 Å². The van der Waals surface area contributed by atoms with Gasteiger partial charge in [-0.15, -0.1) is 0 Å². The molecule has 0 radical (unpaired) electrons. The molecule has 1 aliphatic carbocycles. The molecular formula is C22H19Cl2NO3. The molecule has 1 N–H and O–H groups in total. The number of rotatable bonds is 3. The molecule has 2 atom stereocenters. The molecule has 0 saturated carbocycles. The number of ether oxygens (including phenoxy) is 1. The van der Waals surface area contributed by atoms with E-state index in [4.69, 9.17) is 27.9 Å². The van der Waals surface area contributed by atoms with Crippen LogP contribution in [0, 0.1) is 0 Å². The molecule has 4 rings (SSSR count). The maximum Gasteiger partial charge on any atom is 0.225 e. The molecule has 2 aliphatic rings. The van der Waals surface area contributed by atoms with Crippen molar-refractivity contribution in [1.82, 2.24) is 5.32 Å². The molecule has 0 spiro atoms. The molecule has 1 aliphatic heterocycles. The number of para-hydroxylation sites is 1. The molecule has 1 heterocycles. The number of hydrogen-bond acceptors (Lipinski definition) is 3. The number of nitrogens with one attached hydrogen (secondary N) is 1. The van der Waals surface area contributed by atoms with E-state index in [0.717, 1.165) is 11.1 Å². The molecule has 4 nitrogen and oxygen atoms in total. The minimum atomic E-state index is -0.290. The lowest BCUT2D eigenvalue weighted by Crippen LogP contribution is -2.38. The predicted octanol–water partition coefficient (Wildman–Crippen LogP) is 5.01. The van der Waals surface area contributed by atoms with Crippen molar-refractivity contribution in [2.75, 3.05) is 7.11 Å². The lowest BCUT2D eigenvalue weighted by molar-refractivity contribution is -0.122. The topological polar surface area (TPSA) is 55.4 Å². The maximum absolute atomic E-state index is 13.1. The first-order valence-corrected chi connectivity index (χ1v) is 9.87. The van der Waals surface area contributed by atoms with Gasteiger partial charge in [0.1, 0.15) is 5.75 Å². The quantitative estimate of drug-likeness (QED) is 0.766. The van der Waals surface area contributed by atoms with Crippen LogP contribution in [0.25, 0.3) is 0 Å². The smallest absolute Gasteiger partial charge is 0.225 e. The van der Waals surface area contributed by atoms with Gasteiger partial charge in [-0.3, -0.25) is 9.59 Å². The van der Waals surface area contributed by atoms with Crippen LogP contribution in [-0.2, 0) is 9.59 Å². The lowest BCUT2D eigenvalue weighted by Gasteiger charge is -2.35. The van der Waals surface area contributed by atoms with Crippen LogP contribution in [0.3, 0.4) is 0 Å². The average molecular weight is 416 g/mol. The number of ketones is 1. The fourth-order valence-electron chi connectivity index (χ4n) is 4.18. The Bertz CT molecular complexity index is 999. The third kappa shape index (κ3) is 3.43. The summed E-state index contributed by atoms with van der Waals surface area (Å²) in [5.41, 5.74) is 3.22. The van der Waals surface area contributed by atoms with Crippen LogP contribution in [-0.4, -0.2) is 18.8 Å². The van der Waals surface area contributed by atoms with Crippen molar-refractivity contribution in [1.29, 1.82) is 0 Å². The first-order valence-electron chi connectivity index (χ1n) is 9.12. The first kappa shape index (κ1) is 19.0. The number of methoxy groups -OCH3 is 1. The molecule has 2 unspecified atom stereocenters. The van der Waals surface area contributed by atoms with Gasteiger partial charge in [0.2, 0.25) is 5.91 Å². The summed E-state index contributed by atoms with van der Waals surface area (Å²) >= 11 is 12.2. The summed E-state index contributed by atoms with van der Waals surface area (Å²) in [5, 5.41) is 3.88. The van der Waals surface area contributed by atoms with Crippen molar-refractivity contribution in [2.45, 2.75) is 31.1 Å². The van der Waals surface area contributed by atoms with Crippen LogP contribution in [0.15, 0.2) is 53.7 Å². The summed E-state index contributed by atoms with van der Waals surface area (Å²) in [5.74, 6) is 0.318. The van der Waals surface area contributed by atoms with Gasteiger partial charge in [-0.1, -0.05) is 47.5 Å². The van der Waals surface area contributed by atoms with E-state index < -0.39 is 0 Å². The van der Waals surface area contributed by atoms with Gasteiger partial charge >= 0.3 is 0 Å². The Morgan fingerprint density at radius 1 is 1.00 bits per heavy atom. The zero-order valence-corrected chi connectivity index (χ0v) is 16.8. The van der Waals surface area contributed by atoms with Gasteiger partial charge in [0.05, 0.1) is 17.2 Å². The molecule has 144 valence electrons. The Balaban J connectivity index is 1.73. The summed E-state index contributed by atoms with van der Waals surface area (Å²) < 4.78 is 5.47. The number of halogens is 2. The predicted molar refractivity (Wildman–Crippen MR) is 109 cm³/mol. The van der Waals surface area contributed by atoms with Crippen LogP contribution in [0.1, 0.15) is 42.2 Å². The average Bonchev–Trinajstić information content (AvgIpc) is 2.69. The zero-order chi connectivity index (χ0) is 19.8. The molecule has 0 aromatic heterocycles. The fraction of sp³-hybridized carbons (Fsp3) is 0.273. The Morgan fingerprint density at radius 2 is 1.79 bits per heavy atom. The Labute approximate surface area is 173 Å². The monoisotopic (exact) mass is 415 g/mol. The van der Waals surface area contributed by atoms with E-state index in [-0.39, 0.29) is 29.9 Å². The zero-order valence-electron chi connectivity index (χ0n) is 15.3. The minimum Gasteiger partial charge on any atom is -0.496 e. The molecule has 28 heavy (non-hydrogen) atoms. The van der Waals surface area contributed by atoms with Gasteiger partial charge in [-0.25, -0.2) is 0 Å². The standard InChI is InChI=1S/C22H19Cl2NO3/c1-28-20-5-3-2-4-14(20)15-11-21(27)25-18-9-13(10-19(26)22(15)18)12-6-7-16(23)17(24)8-12/h2-8,13,15H,9-11H2,1H3,(H,25,27). The number of amides is 1. The Kier molecular flexibility index (Phi) is 5.17. The fourth-order valence-corrected chi connectivity index (χ4v) is 4.49. The summed E-state index contributed by atoms with van der Waals surface area (Å²) in [7, 11) is 1.60. The number of benzene rings is 2. The van der Waals surface area contributed by atoms with Crippen molar-refractivity contribution in [3.05, 3.63) is 74.9 Å². The van der Waals surface area contributed by atoms with Crippen LogP contribution >= 0.6 is 23.2 Å². The van der Waals surface area contributed by atoms with E-state index in [1.165, 1.54) is 0 Å². The van der Waals surface area contributed by atoms with Crippen molar-refractivity contribution < 1.29 is 14.3 Å². The van der Waals surface area contributed by atoms with Gasteiger partial charge in [-0.2, -0.15) is 0 Å². The SMILES string of the molecule is COc1ccccc1C1CC(=O)NC2=C1C(=O)CC(c1ccc(Cl)c(Cl)c1)C2. The number of carbonyl (C=O) groups is 2. The molecule has 0 fully saturated rings. The van der Waals surface area contributed by atoms with Crippen molar-refractivity contribution in [2.24, 2.45) is 0 Å². The molecular weight excluding hydrogens is 397 g/mol. The van der Waals surface area contributed by atoms with Gasteiger partial charge in [0.25, 0.3) is 0 Å².